The number of carbonyl (C=O) groups is 2. The van der Waals surface area contributed by atoms with E-state index in [1.54, 1.807) is 38.4 Å². The van der Waals surface area contributed by atoms with Crippen LogP contribution in [0, 0.1) is 5.92 Å². The smallest absolute Gasteiger partial charge is 0.410 e. The van der Waals surface area contributed by atoms with Crippen molar-refractivity contribution in [2.75, 3.05) is 34.4 Å². The molecule has 1 aliphatic rings. The number of ether oxygens (including phenoxy) is 4. The molecule has 162 valence electrons. The Morgan fingerprint density at radius 3 is 2.07 bits per heavy atom. The molecule has 8 heteroatoms. The number of nitrogens with zero attached hydrogens (tertiary/aromatic N) is 1. The number of rotatable bonds is 6. The maximum Gasteiger partial charge on any atom is 0.410 e. The fourth-order valence-corrected chi connectivity index (χ4v) is 3.21. The van der Waals surface area contributed by atoms with Crippen LogP contribution in [-0.4, -0.2) is 56.9 Å². The molecule has 8 nitrogen and oxygen atoms in total. The highest BCUT2D eigenvalue weighted by molar-refractivity contribution is 5.79. The quantitative estimate of drug-likeness (QED) is 0.779. The van der Waals surface area contributed by atoms with Gasteiger partial charge in [0.05, 0.1) is 21.3 Å². The van der Waals surface area contributed by atoms with Crippen LogP contribution >= 0.6 is 0 Å². The second-order valence-corrected chi connectivity index (χ2v) is 7.98. The van der Waals surface area contributed by atoms with Crippen LogP contribution in [0.2, 0.25) is 0 Å². The van der Waals surface area contributed by atoms with Gasteiger partial charge in [0.2, 0.25) is 5.91 Å². The van der Waals surface area contributed by atoms with Gasteiger partial charge in [-0.05, 0) is 39.7 Å². The predicted molar refractivity (Wildman–Crippen MR) is 108 cm³/mol. The first-order chi connectivity index (χ1) is 13.7. The Morgan fingerprint density at radius 2 is 1.55 bits per heavy atom. The van der Waals surface area contributed by atoms with Crippen molar-refractivity contribution in [1.29, 1.82) is 0 Å². The van der Waals surface area contributed by atoms with Crippen molar-refractivity contribution < 1.29 is 28.5 Å². The van der Waals surface area contributed by atoms with E-state index in [1.165, 1.54) is 0 Å². The number of benzene rings is 1. The molecule has 1 fully saturated rings. The van der Waals surface area contributed by atoms with Gasteiger partial charge < -0.3 is 29.2 Å². The summed E-state index contributed by atoms with van der Waals surface area (Å²) in [5.41, 5.74) is 0.272. The van der Waals surface area contributed by atoms with Crippen LogP contribution in [-0.2, 0) is 16.1 Å². The number of hydrogen-bond donors (Lipinski definition) is 1. The summed E-state index contributed by atoms with van der Waals surface area (Å²) >= 11 is 0. The molecule has 1 N–H and O–H groups in total. The Morgan fingerprint density at radius 1 is 1.00 bits per heavy atom. The second kappa shape index (κ2) is 9.71. The molecular weight excluding hydrogens is 376 g/mol. The highest BCUT2D eigenvalue weighted by Gasteiger charge is 2.30. The minimum absolute atomic E-state index is 0.0364. The Hall–Kier alpha value is -2.64. The minimum atomic E-state index is -0.524. The van der Waals surface area contributed by atoms with Crippen molar-refractivity contribution in [2.24, 2.45) is 5.92 Å². The van der Waals surface area contributed by atoms with E-state index in [0.717, 1.165) is 5.56 Å². The van der Waals surface area contributed by atoms with Gasteiger partial charge in [0.1, 0.15) is 11.4 Å². The highest BCUT2D eigenvalue weighted by Crippen LogP contribution is 2.34. The molecule has 1 aromatic carbocycles. The van der Waals surface area contributed by atoms with Gasteiger partial charge in [0, 0.05) is 37.2 Å². The highest BCUT2D eigenvalue weighted by atomic mass is 16.6. The van der Waals surface area contributed by atoms with E-state index in [9.17, 15) is 9.59 Å². The van der Waals surface area contributed by atoms with Gasteiger partial charge in [-0.25, -0.2) is 4.79 Å². The third kappa shape index (κ3) is 6.17. The molecule has 0 spiro atoms. The SMILES string of the molecule is COc1cc(OC)c(OC)cc1CNC(=O)C1CCN(C(=O)OC(C)(C)C)CC1. The number of amides is 2. The monoisotopic (exact) mass is 408 g/mol. The molecule has 1 aromatic rings. The average Bonchev–Trinajstić information content (AvgIpc) is 2.70. The van der Waals surface area contributed by atoms with E-state index in [1.807, 2.05) is 20.8 Å². The van der Waals surface area contributed by atoms with E-state index in [0.29, 0.717) is 49.7 Å². The van der Waals surface area contributed by atoms with Crippen LogP contribution in [0.15, 0.2) is 12.1 Å². The first-order valence-electron chi connectivity index (χ1n) is 9.73. The maximum atomic E-state index is 12.6. The fourth-order valence-electron chi connectivity index (χ4n) is 3.21. The summed E-state index contributed by atoms with van der Waals surface area (Å²) in [6, 6.07) is 3.53. The van der Waals surface area contributed by atoms with E-state index in [4.69, 9.17) is 18.9 Å². The van der Waals surface area contributed by atoms with Gasteiger partial charge in [-0.2, -0.15) is 0 Å². The summed E-state index contributed by atoms with van der Waals surface area (Å²) in [6.07, 6.45) is 0.883. The Balaban J connectivity index is 1.92. The molecule has 0 bridgehead atoms. The number of hydrogen-bond acceptors (Lipinski definition) is 6. The normalized spacial score (nSPS) is 14.9. The molecule has 0 aromatic heterocycles. The number of methoxy groups -OCH3 is 3. The second-order valence-electron chi connectivity index (χ2n) is 7.98. The van der Waals surface area contributed by atoms with Gasteiger partial charge in [-0.1, -0.05) is 0 Å². The summed E-state index contributed by atoms with van der Waals surface area (Å²) < 4.78 is 21.4. The molecule has 0 radical (unpaired) electrons. The van der Waals surface area contributed by atoms with E-state index < -0.39 is 5.60 Å². The van der Waals surface area contributed by atoms with E-state index in [-0.39, 0.29) is 17.9 Å². The van der Waals surface area contributed by atoms with Crippen LogP contribution in [0.5, 0.6) is 17.2 Å². The zero-order chi connectivity index (χ0) is 21.6. The largest absolute Gasteiger partial charge is 0.496 e. The number of carbonyl (C=O) groups excluding carboxylic acids is 2. The lowest BCUT2D eigenvalue weighted by Crippen LogP contribution is -2.44. The molecule has 0 saturated carbocycles. The summed E-state index contributed by atoms with van der Waals surface area (Å²) in [7, 11) is 4.69. The van der Waals surface area contributed by atoms with Gasteiger partial charge in [-0.15, -0.1) is 0 Å². The van der Waals surface area contributed by atoms with Crippen LogP contribution in [0.1, 0.15) is 39.2 Å². The van der Waals surface area contributed by atoms with Crippen molar-refractivity contribution in [3.8, 4) is 17.2 Å². The first kappa shape index (κ1) is 22.6. The van der Waals surface area contributed by atoms with Crippen molar-refractivity contribution in [2.45, 2.75) is 45.8 Å². The number of likely N-dealkylation sites (tertiary alicyclic amines) is 1. The lowest BCUT2D eigenvalue weighted by Gasteiger charge is -2.33. The molecule has 0 atom stereocenters. The van der Waals surface area contributed by atoms with Gasteiger partial charge in [0.15, 0.2) is 11.5 Å². The molecule has 2 amide bonds. The molecule has 1 aliphatic heterocycles. The Labute approximate surface area is 172 Å². The zero-order valence-electron chi connectivity index (χ0n) is 18.2. The molecule has 0 unspecified atom stereocenters. The van der Waals surface area contributed by atoms with Crippen LogP contribution in [0.3, 0.4) is 0 Å². The summed E-state index contributed by atoms with van der Waals surface area (Å²) in [5.74, 6) is 1.57. The van der Waals surface area contributed by atoms with Crippen LogP contribution < -0.4 is 19.5 Å². The Kier molecular flexibility index (Phi) is 7.59. The fraction of sp³-hybridized carbons (Fsp3) is 0.619. The summed E-state index contributed by atoms with van der Waals surface area (Å²) in [6.45, 7) is 6.85. The van der Waals surface area contributed by atoms with Crippen molar-refractivity contribution >= 4 is 12.0 Å². The third-order valence-electron chi connectivity index (χ3n) is 4.76. The number of piperidine rings is 1. The molecule has 1 heterocycles. The molecule has 1 saturated heterocycles. The molecule has 0 aliphatic carbocycles. The van der Waals surface area contributed by atoms with Crippen molar-refractivity contribution in [3.05, 3.63) is 17.7 Å². The summed E-state index contributed by atoms with van der Waals surface area (Å²) in [5, 5.41) is 2.96. The van der Waals surface area contributed by atoms with Crippen LogP contribution in [0.4, 0.5) is 4.79 Å². The first-order valence-corrected chi connectivity index (χ1v) is 9.73. The van der Waals surface area contributed by atoms with Crippen molar-refractivity contribution in [3.63, 3.8) is 0 Å². The van der Waals surface area contributed by atoms with Gasteiger partial charge in [-0.3, -0.25) is 4.79 Å². The molecule has 29 heavy (non-hydrogen) atoms. The third-order valence-corrected chi connectivity index (χ3v) is 4.76. The zero-order valence-corrected chi connectivity index (χ0v) is 18.2. The summed E-state index contributed by atoms with van der Waals surface area (Å²) in [4.78, 5) is 26.4. The van der Waals surface area contributed by atoms with Gasteiger partial charge in [0.25, 0.3) is 0 Å². The van der Waals surface area contributed by atoms with Gasteiger partial charge >= 0.3 is 6.09 Å². The van der Waals surface area contributed by atoms with Crippen LogP contribution in [0.25, 0.3) is 0 Å². The Bertz CT molecular complexity index is 721. The van der Waals surface area contributed by atoms with E-state index >= 15 is 0 Å². The average molecular weight is 408 g/mol. The maximum absolute atomic E-state index is 12.6. The topological polar surface area (TPSA) is 86.3 Å². The molecular formula is C21H32N2O6. The number of nitrogens with one attached hydrogen (secondary N) is 1. The minimum Gasteiger partial charge on any atom is -0.496 e. The van der Waals surface area contributed by atoms with Crippen molar-refractivity contribution in [1.82, 2.24) is 10.2 Å². The van der Waals surface area contributed by atoms with E-state index in [2.05, 4.69) is 5.32 Å². The lowest BCUT2D eigenvalue weighted by atomic mass is 9.96. The lowest BCUT2D eigenvalue weighted by molar-refractivity contribution is -0.126. The molecule has 2 rings (SSSR count). The standard InChI is InChI=1S/C21H32N2O6/c1-21(2,3)29-20(25)23-9-7-14(8-10-23)19(24)22-13-15-11-17(27-5)18(28-6)12-16(15)26-4/h11-12,14H,7-10,13H2,1-6H3,(H,22,24). The predicted octanol–water partition coefficient (Wildman–Crippen LogP) is 2.98.